The number of hydrogen-bond acceptors (Lipinski definition) is 7. The summed E-state index contributed by atoms with van der Waals surface area (Å²) in [6.45, 7) is 6.52. The number of carbonyl (C=O) groups excluding carboxylic acids is 1. The van der Waals surface area contributed by atoms with Gasteiger partial charge in [0.1, 0.15) is 11.6 Å². The van der Waals surface area contributed by atoms with E-state index in [1.807, 2.05) is 6.92 Å². The van der Waals surface area contributed by atoms with Crippen molar-refractivity contribution in [3.05, 3.63) is 52.7 Å². The Morgan fingerprint density at radius 2 is 2.09 bits per heavy atom. The van der Waals surface area contributed by atoms with Crippen LogP contribution < -0.4 is 20.7 Å². The molecular formula is C26H36N4O3. The average Bonchev–Trinajstić information content (AvgIpc) is 3.31. The van der Waals surface area contributed by atoms with Crippen LogP contribution in [0.25, 0.3) is 0 Å². The molecule has 0 saturated heterocycles. The highest BCUT2D eigenvalue weighted by Gasteiger charge is 2.20. The molecule has 2 aromatic rings. The molecule has 0 amide bonds. The highest BCUT2D eigenvalue weighted by molar-refractivity contribution is 5.70. The molecule has 3 heterocycles. The number of anilines is 1. The van der Waals surface area contributed by atoms with E-state index in [2.05, 4.69) is 46.3 Å². The van der Waals surface area contributed by atoms with E-state index in [-0.39, 0.29) is 12.0 Å². The van der Waals surface area contributed by atoms with Gasteiger partial charge in [-0.1, -0.05) is 18.2 Å². The van der Waals surface area contributed by atoms with Crippen LogP contribution in [0.4, 0.5) is 5.82 Å². The Labute approximate surface area is 196 Å². The van der Waals surface area contributed by atoms with E-state index in [0.29, 0.717) is 13.0 Å². The average molecular weight is 453 g/mol. The summed E-state index contributed by atoms with van der Waals surface area (Å²) >= 11 is 0. The second kappa shape index (κ2) is 12.0. The monoisotopic (exact) mass is 452 g/mol. The molecule has 0 aliphatic carbocycles. The van der Waals surface area contributed by atoms with E-state index in [1.165, 1.54) is 17.5 Å². The molecule has 0 saturated carbocycles. The first-order valence-electron chi connectivity index (χ1n) is 12.3. The molecule has 0 radical (unpaired) electrons. The van der Waals surface area contributed by atoms with Crippen LogP contribution in [-0.2, 0) is 28.8 Å². The summed E-state index contributed by atoms with van der Waals surface area (Å²) in [5.41, 5.74) is 4.79. The predicted octanol–water partition coefficient (Wildman–Crippen LogP) is 3.18. The lowest BCUT2D eigenvalue weighted by Gasteiger charge is -2.19. The number of carbonyl (C=O) groups is 1. The van der Waals surface area contributed by atoms with Crippen LogP contribution in [0.5, 0.6) is 5.75 Å². The number of pyridine rings is 1. The zero-order valence-corrected chi connectivity index (χ0v) is 19.6. The molecule has 2 aliphatic rings. The van der Waals surface area contributed by atoms with Gasteiger partial charge in [0.25, 0.3) is 0 Å². The molecule has 0 spiro atoms. The maximum absolute atomic E-state index is 12.1. The van der Waals surface area contributed by atoms with E-state index in [9.17, 15) is 4.79 Å². The minimum Gasteiger partial charge on any atom is -0.493 e. The predicted molar refractivity (Wildman–Crippen MR) is 130 cm³/mol. The van der Waals surface area contributed by atoms with Crippen LogP contribution in [-0.4, -0.2) is 50.3 Å². The Morgan fingerprint density at radius 3 is 3.00 bits per heavy atom. The Kier molecular flexibility index (Phi) is 8.55. The first-order valence-corrected chi connectivity index (χ1v) is 12.3. The van der Waals surface area contributed by atoms with Crippen molar-refractivity contribution in [3.63, 3.8) is 0 Å². The largest absolute Gasteiger partial charge is 0.493 e. The normalized spacial score (nSPS) is 15.2. The number of esters is 1. The Bertz CT molecular complexity index is 934. The zero-order valence-electron chi connectivity index (χ0n) is 19.6. The van der Waals surface area contributed by atoms with Gasteiger partial charge < -0.3 is 25.4 Å². The molecule has 1 unspecified atom stereocenters. The molecule has 1 aromatic carbocycles. The third kappa shape index (κ3) is 6.68. The highest BCUT2D eigenvalue weighted by atomic mass is 16.5. The topological polar surface area (TPSA) is 84.5 Å². The summed E-state index contributed by atoms with van der Waals surface area (Å²) in [5, 5.41) is 10.4. The van der Waals surface area contributed by atoms with Crippen LogP contribution in [0, 0.1) is 0 Å². The molecule has 3 N–H and O–H groups in total. The quantitative estimate of drug-likeness (QED) is 0.337. The smallest absolute Gasteiger partial charge is 0.307 e. The van der Waals surface area contributed by atoms with Crippen molar-refractivity contribution in [2.45, 2.75) is 51.5 Å². The number of aromatic nitrogens is 1. The summed E-state index contributed by atoms with van der Waals surface area (Å²) in [7, 11) is 0. The lowest BCUT2D eigenvalue weighted by molar-refractivity contribution is -0.143. The first-order chi connectivity index (χ1) is 16.2. The van der Waals surface area contributed by atoms with E-state index in [1.54, 1.807) is 0 Å². The molecule has 1 aromatic heterocycles. The lowest BCUT2D eigenvalue weighted by Crippen LogP contribution is -2.32. The minimum absolute atomic E-state index is 0.0902. The van der Waals surface area contributed by atoms with Crippen molar-refractivity contribution in [2.24, 2.45) is 0 Å². The molecule has 178 valence electrons. The second-order valence-corrected chi connectivity index (χ2v) is 8.68. The summed E-state index contributed by atoms with van der Waals surface area (Å²) in [4.78, 5) is 16.9. The van der Waals surface area contributed by atoms with Crippen molar-refractivity contribution in [3.8, 4) is 5.75 Å². The summed E-state index contributed by atoms with van der Waals surface area (Å²) in [6, 6.07) is 10.6. The van der Waals surface area contributed by atoms with Gasteiger partial charge in [-0.15, -0.1) is 0 Å². The van der Waals surface area contributed by atoms with Crippen molar-refractivity contribution < 1.29 is 14.3 Å². The fourth-order valence-electron chi connectivity index (χ4n) is 4.46. The first kappa shape index (κ1) is 23.5. The van der Waals surface area contributed by atoms with Gasteiger partial charge in [-0.05, 0) is 68.0 Å². The fourth-order valence-corrected chi connectivity index (χ4v) is 4.46. The van der Waals surface area contributed by atoms with Crippen LogP contribution >= 0.6 is 0 Å². The summed E-state index contributed by atoms with van der Waals surface area (Å²) in [6.07, 6.45) is 5.58. The zero-order chi connectivity index (χ0) is 22.9. The number of benzene rings is 1. The Hall–Kier alpha value is -2.64. The van der Waals surface area contributed by atoms with Crippen LogP contribution in [0.2, 0.25) is 0 Å². The van der Waals surface area contributed by atoms with E-state index in [0.717, 1.165) is 81.3 Å². The highest BCUT2D eigenvalue weighted by Crippen LogP contribution is 2.29. The number of ether oxygens (including phenoxy) is 2. The standard InChI is InChI=1S/C26H36N4O3/c1-2-32-25(31)18-23(21-8-7-19-11-16-33-24(19)17-21)28-15-14-27-12-4-6-22-10-9-20-5-3-13-29-26(20)30-22/h7-10,17,23,27-28H,2-6,11-16,18H2,1H3,(H,29,30). The molecule has 7 heteroatoms. The van der Waals surface area contributed by atoms with Gasteiger partial charge in [0, 0.05) is 37.8 Å². The molecular weight excluding hydrogens is 416 g/mol. The van der Waals surface area contributed by atoms with Gasteiger partial charge in [0.05, 0.1) is 19.6 Å². The van der Waals surface area contributed by atoms with Crippen LogP contribution in [0.1, 0.15) is 54.6 Å². The molecule has 0 bridgehead atoms. The third-order valence-electron chi connectivity index (χ3n) is 6.23. The van der Waals surface area contributed by atoms with Crippen LogP contribution in [0.3, 0.4) is 0 Å². The van der Waals surface area contributed by atoms with Gasteiger partial charge >= 0.3 is 5.97 Å². The van der Waals surface area contributed by atoms with E-state index >= 15 is 0 Å². The molecule has 2 aliphatic heterocycles. The molecule has 7 nitrogen and oxygen atoms in total. The van der Waals surface area contributed by atoms with Gasteiger partial charge in [-0.3, -0.25) is 4.79 Å². The number of aryl methyl sites for hydroxylation is 2. The maximum atomic E-state index is 12.1. The van der Waals surface area contributed by atoms with E-state index < -0.39 is 0 Å². The van der Waals surface area contributed by atoms with Gasteiger partial charge in [-0.2, -0.15) is 0 Å². The molecule has 33 heavy (non-hydrogen) atoms. The van der Waals surface area contributed by atoms with Crippen molar-refractivity contribution >= 4 is 11.8 Å². The third-order valence-corrected chi connectivity index (χ3v) is 6.23. The number of hydrogen-bond donors (Lipinski definition) is 3. The SMILES string of the molecule is CCOC(=O)CC(NCCNCCCc1ccc2c(n1)NCCC2)c1ccc2c(c1)OCC2. The summed E-state index contributed by atoms with van der Waals surface area (Å²) < 4.78 is 10.9. The van der Waals surface area contributed by atoms with Crippen molar-refractivity contribution in [1.29, 1.82) is 0 Å². The Balaban J connectivity index is 1.20. The number of fused-ring (bicyclic) bond motifs is 2. The molecule has 1 atom stereocenters. The number of nitrogens with one attached hydrogen (secondary N) is 3. The van der Waals surface area contributed by atoms with Gasteiger partial charge in [-0.25, -0.2) is 4.98 Å². The molecule has 4 rings (SSSR count). The van der Waals surface area contributed by atoms with Crippen molar-refractivity contribution in [2.75, 3.05) is 44.7 Å². The number of rotatable bonds is 12. The van der Waals surface area contributed by atoms with Gasteiger partial charge in [0.15, 0.2) is 0 Å². The van der Waals surface area contributed by atoms with Crippen LogP contribution in [0.15, 0.2) is 30.3 Å². The second-order valence-electron chi connectivity index (χ2n) is 8.68. The lowest BCUT2D eigenvalue weighted by atomic mass is 10.0. The Morgan fingerprint density at radius 1 is 1.18 bits per heavy atom. The fraction of sp³-hybridized carbons (Fsp3) is 0.538. The number of nitrogens with zero attached hydrogens (tertiary/aromatic N) is 1. The van der Waals surface area contributed by atoms with Gasteiger partial charge in [0.2, 0.25) is 0 Å². The summed E-state index contributed by atoms with van der Waals surface area (Å²) in [5.74, 6) is 1.82. The molecule has 0 fully saturated rings. The van der Waals surface area contributed by atoms with E-state index in [4.69, 9.17) is 14.5 Å². The minimum atomic E-state index is -0.184. The van der Waals surface area contributed by atoms with Crippen molar-refractivity contribution in [1.82, 2.24) is 15.6 Å². The maximum Gasteiger partial charge on any atom is 0.307 e.